The van der Waals surface area contributed by atoms with E-state index >= 15 is 0 Å². The number of fused-ring (bicyclic) bond motifs is 2. The second-order valence-corrected chi connectivity index (χ2v) is 7.79. The first-order valence-corrected chi connectivity index (χ1v) is 10.5. The lowest BCUT2D eigenvalue weighted by molar-refractivity contribution is -0.137. The first-order valence-electron chi connectivity index (χ1n) is 10.5. The minimum atomic E-state index is -0.850. The number of carboxylic acid groups (broad SMARTS) is 1. The van der Waals surface area contributed by atoms with E-state index in [4.69, 9.17) is 4.74 Å². The van der Waals surface area contributed by atoms with Gasteiger partial charge in [0.05, 0.1) is 13.0 Å². The lowest BCUT2D eigenvalue weighted by Gasteiger charge is -2.16. The zero-order chi connectivity index (χ0) is 21.6. The molecule has 2 N–H and O–H groups in total. The molecule has 1 atom stereocenters. The molecule has 4 rings (SSSR count). The fraction of sp³-hybridized carbons (Fsp3) is 0.280. The molecule has 0 bridgehead atoms. The molecule has 0 amide bonds. The van der Waals surface area contributed by atoms with Crippen molar-refractivity contribution in [3.05, 3.63) is 88.9 Å². The maximum absolute atomic E-state index is 13.8. The van der Waals surface area contributed by atoms with Gasteiger partial charge in [0, 0.05) is 12.7 Å². The Morgan fingerprint density at radius 2 is 2.03 bits per heavy atom. The van der Waals surface area contributed by atoms with Crippen molar-refractivity contribution in [3.63, 3.8) is 0 Å². The van der Waals surface area contributed by atoms with Gasteiger partial charge in [-0.3, -0.25) is 4.79 Å². The normalized spacial score (nSPS) is 14.8. The van der Waals surface area contributed by atoms with Gasteiger partial charge in [-0.25, -0.2) is 9.37 Å². The predicted octanol–water partition coefficient (Wildman–Crippen LogP) is 4.81. The molecule has 31 heavy (non-hydrogen) atoms. The van der Waals surface area contributed by atoms with E-state index in [1.165, 1.54) is 12.1 Å². The molecule has 1 aliphatic rings. The molecule has 2 aromatic carbocycles. The van der Waals surface area contributed by atoms with Crippen LogP contribution >= 0.6 is 0 Å². The number of halogens is 1. The Labute approximate surface area is 180 Å². The van der Waals surface area contributed by atoms with Crippen molar-refractivity contribution in [2.45, 2.75) is 31.6 Å². The van der Waals surface area contributed by atoms with Gasteiger partial charge >= 0.3 is 5.97 Å². The molecule has 1 aliphatic carbocycles. The number of carbonyl (C=O) groups is 1. The number of anilines is 1. The summed E-state index contributed by atoms with van der Waals surface area (Å²) in [6, 6.07) is 16.3. The van der Waals surface area contributed by atoms with Crippen LogP contribution in [0.15, 0.2) is 60.8 Å². The molecule has 5 nitrogen and oxygen atoms in total. The number of nitrogens with one attached hydrogen (secondary N) is 1. The Hall–Kier alpha value is -3.41. The standard InChI is InChI=1S/C25H25FN2O3/c26-21-6-8-23-19(14-21)12-17-5-7-22(15-18(17)13-20(23)16-25(29)30)31-11-3-10-28-24-4-1-2-9-27-24/h1-2,4-9,14-15,20H,3,10-13,16H2,(H,27,28)(H,29,30). The van der Waals surface area contributed by atoms with Gasteiger partial charge < -0.3 is 15.2 Å². The highest BCUT2D eigenvalue weighted by molar-refractivity contribution is 5.68. The first kappa shape index (κ1) is 20.8. The van der Waals surface area contributed by atoms with Gasteiger partial charge in [0.1, 0.15) is 17.4 Å². The zero-order valence-electron chi connectivity index (χ0n) is 17.2. The van der Waals surface area contributed by atoms with Crippen LogP contribution in [-0.2, 0) is 17.6 Å². The number of pyridine rings is 1. The molecule has 1 unspecified atom stereocenters. The van der Waals surface area contributed by atoms with Crippen molar-refractivity contribution in [1.29, 1.82) is 0 Å². The molecule has 3 aromatic rings. The Kier molecular flexibility index (Phi) is 6.46. The van der Waals surface area contributed by atoms with E-state index in [1.54, 1.807) is 12.3 Å². The number of nitrogens with zero attached hydrogens (tertiary/aromatic N) is 1. The lowest BCUT2D eigenvalue weighted by Crippen LogP contribution is -2.10. The third-order valence-electron chi connectivity index (χ3n) is 5.55. The van der Waals surface area contributed by atoms with Crippen LogP contribution < -0.4 is 10.1 Å². The molecule has 1 heterocycles. The van der Waals surface area contributed by atoms with Gasteiger partial charge in [-0.15, -0.1) is 0 Å². The van der Waals surface area contributed by atoms with Gasteiger partial charge in [0.2, 0.25) is 0 Å². The minimum Gasteiger partial charge on any atom is -0.494 e. The molecule has 0 radical (unpaired) electrons. The van der Waals surface area contributed by atoms with Crippen molar-refractivity contribution in [2.24, 2.45) is 0 Å². The zero-order valence-corrected chi connectivity index (χ0v) is 17.2. The molecule has 0 aliphatic heterocycles. The van der Waals surface area contributed by atoms with E-state index in [-0.39, 0.29) is 18.2 Å². The van der Waals surface area contributed by atoms with Gasteiger partial charge in [-0.05, 0) is 83.8 Å². The molecule has 6 heteroatoms. The number of ether oxygens (including phenoxy) is 1. The highest BCUT2D eigenvalue weighted by Gasteiger charge is 2.25. The molecule has 0 saturated heterocycles. The Morgan fingerprint density at radius 3 is 2.84 bits per heavy atom. The summed E-state index contributed by atoms with van der Waals surface area (Å²) in [5.41, 5.74) is 3.93. The molecule has 0 saturated carbocycles. The molecule has 0 spiro atoms. The van der Waals surface area contributed by atoms with Gasteiger partial charge in [0.25, 0.3) is 0 Å². The number of carboxylic acids is 1. The fourth-order valence-electron chi connectivity index (χ4n) is 4.10. The van der Waals surface area contributed by atoms with Crippen molar-refractivity contribution < 1.29 is 19.0 Å². The predicted molar refractivity (Wildman–Crippen MR) is 117 cm³/mol. The Morgan fingerprint density at radius 1 is 1.13 bits per heavy atom. The van der Waals surface area contributed by atoms with E-state index in [2.05, 4.69) is 10.3 Å². The molecular weight excluding hydrogens is 395 g/mol. The largest absolute Gasteiger partial charge is 0.494 e. The SMILES string of the molecule is O=C(O)CC1Cc2cc(OCCCNc3ccccn3)ccc2Cc2cc(F)ccc21. The van der Waals surface area contributed by atoms with Crippen LogP contribution in [0.25, 0.3) is 0 Å². The highest BCUT2D eigenvalue weighted by atomic mass is 19.1. The Balaban J connectivity index is 1.42. The summed E-state index contributed by atoms with van der Waals surface area (Å²) in [7, 11) is 0. The second kappa shape index (κ2) is 9.60. The van der Waals surface area contributed by atoms with Crippen LogP contribution in [0.3, 0.4) is 0 Å². The van der Waals surface area contributed by atoms with Gasteiger partial charge in [-0.1, -0.05) is 18.2 Å². The van der Waals surface area contributed by atoms with Crippen LogP contribution in [0.4, 0.5) is 10.2 Å². The topological polar surface area (TPSA) is 71.5 Å². The van der Waals surface area contributed by atoms with Crippen molar-refractivity contribution >= 4 is 11.8 Å². The molecule has 1 aromatic heterocycles. The molecule has 0 fully saturated rings. The fourth-order valence-corrected chi connectivity index (χ4v) is 4.10. The summed E-state index contributed by atoms with van der Waals surface area (Å²) < 4.78 is 19.7. The van der Waals surface area contributed by atoms with Crippen LogP contribution in [-0.4, -0.2) is 29.2 Å². The summed E-state index contributed by atoms with van der Waals surface area (Å²) in [6.45, 7) is 1.31. The van der Waals surface area contributed by atoms with E-state index in [0.29, 0.717) is 19.4 Å². The van der Waals surface area contributed by atoms with Crippen molar-refractivity contribution in [3.8, 4) is 5.75 Å². The van der Waals surface area contributed by atoms with Crippen LogP contribution in [0.5, 0.6) is 5.75 Å². The van der Waals surface area contributed by atoms with Crippen molar-refractivity contribution in [1.82, 2.24) is 4.98 Å². The number of hydrogen-bond donors (Lipinski definition) is 2. The van der Waals surface area contributed by atoms with E-state index in [1.807, 2.05) is 36.4 Å². The summed E-state index contributed by atoms with van der Waals surface area (Å²) in [5.74, 6) is 0.273. The average molecular weight is 420 g/mol. The average Bonchev–Trinajstić information content (AvgIpc) is 2.89. The number of aliphatic carboxylic acids is 1. The Bertz CT molecular complexity index is 1060. The highest BCUT2D eigenvalue weighted by Crippen LogP contribution is 2.35. The lowest BCUT2D eigenvalue weighted by atomic mass is 9.89. The summed E-state index contributed by atoms with van der Waals surface area (Å²) in [5, 5.41) is 12.6. The van der Waals surface area contributed by atoms with E-state index < -0.39 is 5.97 Å². The van der Waals surface area contributed by atoms with Crippen LogP contribution in [0, 0.1) is 5.82 Å². The van der Waals surface area contributed by atoms with Crippen LogP contribution in [0.2, 0.25) is 0 Å². The summed E-state index contributed by atoms with van der Waals surface area (Å²) in [4.78, 5) is 15.7. The van der Waals surface area contributed by atoms with Gasteiger partial charge in [-0.2, -0.15) is 0 Å². The smallest absolute Gasteiger partial charge is 0.303 e. The monoisotopic (exact) mass is 420 g/mol. The maximum atomic E-state index is 13.8. The molecule has 160 valence electrons. The van der Waals surface area contributed by atoms with E-state index in [0.717, 1.165) is 46.8 Å². The number of hydrogen-bond acceptors (Lipinski definition) is 4. The third kappa shape index (κ3) is 5.40. The van der Waals surface area contributed by atoms with E-state index in [9.17, 15) is 14.3 Å². The summed E-state index contributed by atoms with van der Waals surface area (Å²) in [6.07, 6.45) is 3.77. The number of aromatic nitrogens is 1. The quantitative estimate of drug-likeness (QED) is 0.512. The third-order valence-corrected chi connectivity index (χ3v) is 5.55. The minimum absolute atomic E-state index is 0.0162. The number of rotatable bonds is 8. The maximum Gasteiger partial charge on any atom is 0.303 e. The molecular formula is C25H25FN2O3. The second-order valence-electron chi connectivity index (χ2n) is 7.79. The van der Waals surface area contributed by atoms with Crippen molar-refractivity contribution in [2.75, 3.05) is 18.5 Å². The first-order chi connectivity index (χ1) is 15.1. The van der Waals surface area contributed by atoms with Crippen LogP contribution in [0.1, 0.15) is 41.0 Å². The van der Waals surface area contributed by atoms with Gasteiger partial charge in [0.15, 0.2) is 0 Å². The summed E-state index contributed by atoms with van der Waals surface area (Å²) >= 11 is 0. The number of benzene rings is 2.